The molecule has 0 heterocycles. The fourth-order valence-corrected chi connectivity index (χ4v) is 3.20. The number of hydrogen-bond acceptors (Lipinski definition) is 2. The van der Waals surface area contributed by atoms with Gasteiger partial charge in [-0.15, -0.1) is 0 Å². The second-order valence-corrected chi connectivity index (χ2v) is 6.92. The molecule has 0 unspecified atom stereocenters. The second kappa shape index (κ2) is 9.40. The van der Waals surface area contributed by atoms with Crippen LogP contribution in [0.1, 0.15) is 17.0 Å². The summed E-state index contributed by atoms with van der Waals surface area (Å²) < 4.78 is 0. The van der Waals surface area contributed by atoms with Gasteiger partial charge in [-0.1, -0.05) is 89.9 Å². The van der Waals surface area contributed by atoms with Crippen LogP contribution in [0.4, 0.5) is 5.69 Å². The molecular formula is C22H18Cl2N2O2. The van der Waals surface area contributed by atoms with Crippen molar-refractivity contribution in [1.82, 2.24) is 5.32 Å². The van der Waals surface area contributed by atoms with Gasteiger partial charge in [0.1, 0.15) is 0 Å². The molecule has 28 heavy (non-hydrogen) atoms. The van der Waals surface area contributed by atoms with Crippen molar-refractivity contribution in [2.75, 3.05) is 11.9 Å². The number of carbonyl (C=O) groups excluding carboxylic acids is 2. The number of amides is 2. The van der Waals surface area contributed by atoms with E-state index in [1.165, 1.54) is 0 Å². The number of carbonyl (C=O) groups is 2. The summed E-state index contributed by atoms with van der Waals surface area (Å²) in [6, 6.07) is 24.5. The molecule has 0 radical (unpaired) electrons. The van der Waals surface area contributed by atoms with Crippen molar-refractivity contribution in [2.45, 2.75) is 5.92 Å². The van der Waals surface area contributed by atoms with E-state index < -0.39 is 11.8 Å². The summed E-state index contributed by atoms with van der Waals surface area (Å²) in [5, 5.41) is 5.68. The summed E-state index contributed by atoms with van der Waals surface area (Å²) in [5.41, 5.74) is 2.39. The molecule has 0 fully saturated rings. The van der Waals surface area contributed by atoms with E-state index in [0.717, 1.165) is 11.1 Å². The van der Waals surface area contributed by atoms with Crippen LogP contribution in [0, 0.1) is 0 Å². The Morgan fingerprint density at radius 1 is 0.750 bits per heavy atom. The van der Waals surface area contributed by atoms with Gasteiger partial charge in [0.05, 0.1) is 15.7 Å². The fraction of sp³-hybridized carbons (Fsp3) is 0.0909. The maximum Gasteiger partial charge on any atom is 0.313 e. The third kappa shape index (κ3) is 4.91. The third-order valence-electron chi connectivity index (χ3n) is 4.28. The SMILES string of the molecule is O=C(NCC(c1ccccc1)c1ccccc1)C(=O)Nc1cccc(Cl)c1Cl. The van der Waals surface area contributed by atoms with Gasteiger partial charge in [0, 0.05) is 12.5 Å². The average molecular weight is 413 g/mol. The lowest BCUT2D eigenvalue weighted by Gasteiger charge is -2.18. The molecule has 0 atom stereocenters. The quantitative estimate of drug-likeness (QED) is 0.586. The zero-order valence-corrected chi connectivity index (χ0v) is 16.4. The molecule has 2 N–H and O–H groups in total. The third-order valence-corrected chi connectivity index (χ3v) is 5.10. The number of rotatable bonds is 5. The van der Waals surface area contributed by atoms with Crippen molar-refractivity contribution in [3.8, 4) is 0 Å². The molecule has 142 valence electrons. The van der Waals surface area contributed by atoms with Crippen molar-refractivity contribution in [1.29, 1.82) is 0 Å². The Kier molecular flexibility index (Phi) is 6.69. The van der Waals surface area contributed by atoms with Gasteiger partial charge < -0.3 is 10.6 Å². The molecule has 0 aromatic heterocycles. The Bertz CT molecular complexity index is 923. The minimum Gasteiger partial charge on any atom is -0.347 e. The molecule has 0 spiro atoms. The Balaban J connectivity index is 1.70. The zero-order chi connectivity index (χ0) is 19.9. The molecule has 0 bridgehead atoms. The smallest absolute Gasteiger partial charge is 0.313 e. The van der Waals surface area contributed by atoms with Crippen molar-refractivity contribution in [3.05, 3.63) is 100 Å². The van der Waals surface area contributed by atoms with E-state index in [1.807, 2.05) is 60.7 Å². The van der Waals surface area contributed by atoms with Gasteiger partial charge in [0.25, 0.3) is 0 Å². The molecule has 0 saturated heterocycles. The summed E-state index contributed by atoms with van der Waals surface area (Å²) in [7, 11) is 0. The molecule has 0 aliphatic carbocycles. The first-order chi connectivity index (χ1) is 13.6. The second-order valence-electron chi connectivity index (χ2n) is 6.14. The molecule has 0 saturated carbocycles. The van der Waals surface area contributed by atoms with Crippen molar-refractivity contribution < 1.29 is 9.59 Å². The van der Waals surface area contributed by atoms with Gasteiger partial charge in [-0.25, -0.2) is 0 Å². The number of nitrogens with one attached hydrogen (secondary N) is 2. The maximum absolute atomic E-state index is 12.3. The highest BCUT2D eigenvalue weighted by Gasteiger charge is 2.19. The van der Waals surface area contributed by atoms with Crippen molar-refractivity contribution >= 4 is 40.7 Å². The molecule has 3 rings (SSSR count). The lowest BCUT2D eigenvalue weighted by Crippen LogP contribution is -2.37. The number of anilines is 1. The first-order valence-corrected chi connectivity index (χ1v) is 9.45. The Labute approximate surface area is 173 Å². The zero-order valence-electron chi connectivity index (χ0n) is 14.9. The number of hydrogen-bond donors (Lipinski definition) is 2. The van der Waals surface area contributed by atoms with E-state index in [2.05, 4.69) is 10.6 Å². The highest BCUT2D eigenvalue weighted by atomic mass is 35.5. The van der Waals surface area contributed by atoms with Crippen LogP contribution in [0.15, 0.2) is 78.9 Å². The van der Waals surface area contributed by atoms with Gasteiger partial charge in [-0.3, -0.25) is 9.59 Å². The van der Waals surface area contributed by atoms with E-state index in [4.69, 9.17) is 23.2 Å². The van der Waals surface area contributed by atoms with Crippen LogP contribution in [0.2, 0.25) is 10.0 Å². The highest BCUT2D eigenvalue weighted by Crippen LogP contribution is 2.29. The molecule has 2 amide bonds. The van der Waals surface area contributed by atoms with E-state index in [0.29, 0.717) is 5.02 Å². The van der Waals surface area contributed by atoms with Gasteiger partial charge in [-0.2, -0.15) is 0 Å². The average Bonchev–Trinajstić information content (AvgIpc) is 2.73. The standard InChI is InChI=1S/C22H18Cl2N2O2/c23-18-12-7-13-19(20(18)24)26-22(28)21(27)25-14-17(15-8-3-1-4-9-15)16-10-5-2-6-11-16/h1-13,17H,14H2,(H,25,27)(H,26,28). The van der Waals surface area contributed by atoms with Crippen LogP contribution in [0.5, 0.6) is 0 Å². The molecule has 0 aliphatic rings. The minimum atomic E-state index is -0.802. The lowest BCUT2D eigenvalue weighted by atomic mass is 9.91. The van der Waals surface area contributed by atoms with Gasteiger partial charge >= 0.3 is 11.8 Å². The summed E-state index contributed by atoms with van der Waals surface area (Å²) in [4.78, 5) is 24.5. The van der Waals surface area contributed by atoms with Crippen LogP contribution in [-0.2, 0) is 9.59 Å². The Morgan fingerprint density at radius 2 is 1.32 bits per heavy atom. The first-order valence-electron chi connectivity index (χ1n) is 8.69. The molecule has 4 nitrogen and oxygen atoms in total. The van der Waals surface area contributed by atoms with Crippen LogP contribution < -0.4 is 10.6 Å². The lowest BCUT2D eigenvalue weighted by molar-refractivity contribution is -0.136. The van der Waals surface area contributed by atoms with Crippen molar-refractivity contribution in [3.63, 3.8) is 0 Å². The Morgan fingerprint density at radius 3 is 1.89 bits per heavy atom. The van der Waals surface area contributed by atoms with Gasteiger partial charge in [0.2, 0.25) is 0 Å². The fourth-order valence-electron chi connectivity index (χ4n) is 2.85. The van der Waals surface area contributed by atoms with Crippen LogP contribution in [0.25, 0.3) is 0 Å². The van der Waals surface area contributed by atoms with Gasteiger partial charge in [-0.05, 0) is 23.3 Å². The van der Waals surface area contributed by atoms with Crippen molar-refractivity contribution in [2.24, 2.45) is 0 Å². The van der Waals surface area contributed by atoms with E-state index in [-0.39, 0.29) is 23.2 Å². The topological polar surface area (TPSA) is 58.2 Å². The Hall–Kier alpha value is -2.82. The minimum absolute atomic E-state index is 0.0751. The van der Waals surface area contributed by atoms with Crippen LogP contribution >= 0.6 is 23.2 Å². The monoisotopic (exact) mass is 412 g/mol. The van der Waals surface area contributed by atoms with Gasteiger partial charge in [0.15, 0.2) is 0 Å². The number of benzene rings is 3. The molecular weight excluding hydrogens is 395 g/mol. The largest absolute Gasteiger partial charge is 0.347 e. The molecule has 3 aromatic carbocycles. The van der Waals surface area contributed by atoms with Crippen LogP contribution in [0.3, 0.4) is 0 Å². The predicted molar refractivity (Wildman–Crippen MR) is 113 cm³/mol. The number of halogens is 2. The maximum atomic E-state index is 12.3. The summed E-state index contributed by atoms with van der Waals surface area (Å²) >= 11 is 12.0. The van der Waals surface area contributed by atoms with E-state index >= 15 is 0 Å². The molecule has 0 aliphatic heterocycles. The van der Waals surface area contributed by atoms with E-state index in [9.17, 15) is 9.59 Å². The molecule has 3 aromatic rings. The molecule has 6 heteroatoms. The normalized spacial score (nSPS) is 10.5. The predicted octanol–water partition coefficient (Wildman–Crippen LogP) is 4.88. The highest BCUT2D eigenvalue weighted by molar-refractivity contribution is 6.45. The summed E-state index contributed by atoms with van der Waals surface area (Å²) in [6.45, 7) is 0.281. The first kappa shape index (κ1) is 19.9. The summed E-state index contributed by atoms with van der Waals surface area (Å²) in [5.74, 6) is -1.62. The van der Waals surface area contributed by atoms with Crippen LogP contribution in [-0.4, -0.2) is 18.4 Å². The summed E-state index contributed by atoms with van der Waals surface area (Å²) in [6.07, 6.45) is 0. The van der Waals surface area contributed by atoms with E-state index in [1.54, 1.807) is 18.2 Å².